The molecule has 0 bridgehead atoms. The van der Waals surface area contributed by atoms with Gasteiger partial charge in [0.05, 0.1) is 0 Å². The molecular weight excluding hydrogens is 240 g/mol. The number of amides is 2. The number of hydrogen-bond donors (Lipinski definition) is 1. The summed E-state index contributed by atoms with van der Waals surface area (Å²) in [5, 5.41) is 0. The van der Waals surface area contributed by atoms with Crippen LogP contribution in [0.15, 0.2) is 24.3 Å². The molecule has 2 unspecified atom stereocenters. The molecule has 4 heteroatoms. The Balaban J connectivity index is 1.72. The lowest BCUT2D eigenvalue weighted by atomic mass is 10.0. The van der Waals surface area contributed by atoms with Gasteiger partial charge in [-0.25, -0.2) is 0 Å². The summed E-state index contributed by atoms with van der Waals surface area (Å²) in [5.41, 5.74) is 6.27. The molecule has 1 heterocycles. The van der Waals surface area contributed by atoms with Crippen LogP contribution in [0, 0.1) is 11.8 Å². The standard InChI is InChI=1S/C15H18N2O2/c16-14(18)10-4-6-11(7-5-10)15(19)17-8-12-2-1-3-13(12)9-17/h4-7,12-13H,1-3,8-9H2,(H2,16,18). The van der Waals surface area contributed by atoms with E-state index in [1.165, 1.54) is 19.3 Å². The second kappa shape index (κ2) is 4.68. The number of nitrogens with two attached hydrogens (primary N) is 1. The third kappa shape index (κ3) is 2.23. The van der Waals surface area contributed by atoms with E-state index in [4.69, 9.17) is 5.73 Å². The van der Waals surface area contributed by atoms with Crippen LogP contribution in [0.25, 0.3) is 0 Å². The Hall–Kier alpha value is -1.84. The second-order valence-corrected chi connectivity index (χ2v) is 5.60. The summed E-state index contributed by atoms with van der Waals surface area (Å²) in [7, 11) is 0. The molecule has 0 spiro atoms. The Morgan fingerprint density at radius 2 is 1.53 bits per heavy atom. The Morgan fingerprint density at radius 1 is 1.00 bits per heavy atom. The van der Waals surface area contributed by atoms with Crippen LogP contribution in [0.5, 0.6) is 0 Å². The van der Waals surface area contributed by atoms with Crippen molar-refractivity contribution < 1.29 is 9.59 Å². The zero-order valence-corrected chi connectivity index (χ0v) is 10.8. The van der Waals surface area contributed by atoms with E-state index in [1.54, 1.807) is 24.3 Å². The SMILES string of the molecule is NC(=O)c1ccc(C(=O)N2CC3CCCC3C2)cc1. The molecule has 2 aliphatic rings. The van der Waals surface area contributed by atoms with E-state index in [-0.39, 0.29) is 5.91 Å². The first-order valence-electron chi connectivity index (χ1n) is 6.84. The second-order valence-electron chi connectivity index (χ2n) is 5.60. The normalized spacial score (nSPS) is 25.4. The van der Waals surface area contributed by atoms with Crippen molar-refractivity contribution in [2.75, 3.05) is 13.1 Å². The van der Waals surface area contributed by atoms with Crippen LogP contribution in [0.1, 0.15) is 40.0 Å². The van der Waals surface area contributed by atoms with Gasteiger partial charge in [0.25, 0.3) is 5.91 Å². The first kappa shape index (κ1) is 12.2. The van der Waals surface area contributed by atoms with Crippen LogP contribution >= 0.6 is 0 Å². The summed E-state index contributed by atoms with van der Waals surface area (Å²) >= 11 is 0. The number of carbonyl (C=O) groups excluding carboxylic acids is 2. The lowest BCUT2D eigenvalue weighted by Crippen LogP contribution is -2.29. The van der Waals surface area contributed by atoms with Crippen molar-refractivity contribution in [2.24, 2.45) is 17.6 Å². The number of carbonyl (C=O) groups is 2. The van der Waals surface area contributed by atoms with Gasteiger partial charge in [0, 0.05) is 24.2 Å². The van der Waals surface area contributed by atoms with Gasteiger partial charge in [-0.2, -0.15) is 0 Å². The zero-order valence-electron chi connectivity index (χ0n) is 10.8. The lowest BCUT2D eigenvalue weighted by Gasteiger charge is -2.17. The number of likely N-dealkylation sites (tertiary alicyclic amines) is 1. The first-order chi connectivity index (χ1) is 9.15. The van der Waals surface area contributed by atoms with Crippen LogP contribution in [-0.2, 0) is 0 Å². The fraction of sp³-hybridized carbons (Fsp3) is 0.467. The molecule has 1 aliphatic heterocycles. The summed E-state index contributed by atoms with van der Waals surface area (Å²) in [6, 6.07) is 6.62. The summed E-state index contributed by atoms with van der Waals surface area (Å²) in [5.74, 6) is 1.02. The minimum absolute atomic E-state index is 0.0745. The molecule has 1 aliphatic carbocycles. The Labute approximate surface area is 112 Å². The Kier molecular flexibility index (Phi) is 3.01. The predicted molar refractivity (Wildman–Crippen MR) is 71.7 cm³/mol. The molecule has 1 aromatic carbocycles. The van der Waals surface area contributed by atoms with E-state index in [0.717, 1.165) is 13.1 Å². The van der Waals surface area contributed by atoms with E-state index in [0.29, 0.717) is 23.0 Å². The van der Waals surface area contributed by atoms with E-state index >= 15 is 0 Å². The Morgan fingerprint density at radius 3 is 2.05 bits per heavy atom. The predicted octanol–water partition coefficient (Wildman–Crippen LogP) is 1.66. The molecule has 1 aromatic rings. The van der Waals surface area contributed by atoms with Crippen molar-refractivity contribution >= 4 is 11.8 Å². The van der Waals surface area contributed by atoms with Gasteiger partial charge in [0.15, 0.2) is 0 Å². The van der Waals surface area contributed by atoms with Crippen molar-refractivity contribution in [3.63, 3.8) is 0 Å². The minimum Gasteiger partial charge on any atom is -0.366 e. The summed E-state index contributed by atoms with van der Waals surface area (Å²) in [4.78, 5) is 25.3. The highest BCUT2D eigenvalue weighted by atomic mass is 16.2. The van der Waals surface area contributed by atoms with Gasteiger partial charge >= 0.3 is 0 Å². The third-order valence-electron chi connectivity index (χ3n) is 4.43. The zero-order chi connectivity index (χ0) is 13.4. The topological polar surface area (TPSA) is 63.4 Å². The van der Waals surface area contributed by atoms with E-state index in [2.05, 4.69) is 0 Å². The highest BCUT2D eigenvalue weighted by Gasteiger charge is 2.38. The van der Waals surface area contributed by atoms with Crippen LogP contribution in [0.4, 0.5) is 0 Å². The fourth-order valence-corrected chi connectivity index (χ4v) is 3.36. The first-order valence-corrected chi connectivity index (χ1v) is 6.84. The molecule has 2 amide bonds. The number of benzene rings is 1. The van der Waals surface area contributed by atoms with Crippen molar-refractivity contribution in [3.8, 4) is 0 Å². The van der Waals surface area contributed by atoms with Gasteiger partial charge in [-0.05, 0) is 48.9 Å². The van der Waals surface area contributed by atoms with Crippen molar-refractivity contribution in [3.05, 3.63) is 35.4 Å². The van der Waals surface area contributed by atoms with Gasteiger partial charge < -0.3 is 10.6 Å². The number of hydrogen-bond acceptors (Lipinski definition) is 2. The molecule has 0 aromatic heterocycles. The van der Waals surface area contributed by atoms with Crippen LogP contribution in [0.3, 0.4) is 0 Å². The quantitative estimate of drug-likeness (QED) is 0.876. The molecule has 100 valence electrons. The molecule has 3 rings (SSSR count). The number of fused-ring (bicyclic) bond motifs is 1. The fourth-order valence-electron chi connectivity index (χ4n) is 3.36. The van der Waals surface area contributed by atoms with Crippen LogP contribution < -0.4 is 5.73 Å². The summed E-state index contributed by atoms with van der Waals surface area (Å²) < 4.78 is 0. The van der Waals surface area contributed by atoms with Gasteiger partial charge in [-0.1, -0.05) is 6.42 Å². The van der Waals surface area contributed by atoms with Crippen molar-refractivity contribution in [2.45, 2.75) is 19.3 Å². The molecular formula is C15H18N2O2. The molecule has 4 nitrogen and oxygen atoms in total. The van der Waals surface area contributed by atoms with E-state index < -0.39 is 5.91 Å². The highest BCUT2D eigenvalue weighted by Crippen LogP contribution is 2.38. The molecule has 2 fully saturated rings. The largest absolute Gasteiger partial charge is 0.366 e. The maximum Gasteiger partial charge on any atom is 0.253 e. The van der Waals surface area contributed by atoms with Gasteiger partial charge in [0.1, 0.15) is 0 Å². The number of primary amides is 1. The molecule has 2 atom stereocenters. The smallest absolute Gasteiger partial charge is 0.253 e. The van der Waals surface area contributed by atoms with Crippen LogP contribution in [0.2, 0.25) is 0 Å². The van der Waals surface area contributed by atoms with Crippen molar-refractivity contribution in [1.29, 1.82) is 0 Å². The maximum atomic E-state index is 12.4. The molecule has 0 radical (unpaired) electrons. The average Bonchev–Trinajstić information content (AvgIpc) is 2.98. The summed E-state index contributed by atoms with van der Waals surface area (Å²) in [6.07, 6.45) is 3.83. The number of rotatable bonds is 2. The molecule has 19 heavy (non-hydrogen) atoms. The number of nitrogens with zero attached hydrogens (tertiary/aromatic N) is 1. The molecule has 1 saturated heterocycles. The molecule has 1 saturated carbocycles. The van der Waals surface area contributed by atoms with Gasteiger partial charge in [-0.15, -0.1) is 0 Å². The van der Waals surface area contributed by atoms with Gasteiger partial charge in [-0.3, -0.25) is 9.59 Å². The lowest BCUT2D eigenvalue weighted by molar-refractivity contribution is 0.0780. The molecule has 2 N–H and O–H groups in total. The van der Waals surface area contributed by atoms with E-state index in [1.807, 2.05) is 4.90 Å². The average molecular weight is 258 g/mol. The maximum absolute atomic E-state index is 12.4. The van der Waals surface area contributed by atoms with Gasteiger partial charge in [0.2, 0.25) is 5.91 Å². The highest BCUT2D eigenvalue weighted by molar-refractivity contribution is 5.97. The van der Waals surface area contributed by atoms with E-state index in [9.17, 15) is 9.59 Å². The Bertz CT molecular complexity index is 497. The van der Waals surface area contributed by atoms with Crippen LogP contribution in [-0.4, -0.2) is 29.8 Å². The monoisotopic (exact) mass is 258 g/mol. The third-order valence-corrected chi connectivity index (χ3v) is 4.43. The minimum atomic E-state index is -0.463. The summed E-state index contributed by atoms with van der Waals surface area (Å²) in [6.45, 7) is 1.78. The van der Waals surface area contributed by atoms with Crippen molar-refractivity contribution in [1.82, 2.24) is 4.90 Å².